The van der Waals surface area contributed by atoms with Crippen molar-refractivity contribution < 1.29 is 14.5 Å². The number of nitrogens with zero attached hydrogens (tertiary/aromatic N) is 1. The van der Waals surface area contributed by atoms with Gasteiger partial charge in [-0.15, -0.1) is 0 Å². The average Bonchev–Trinajstić information content (AvgIpc) is 2.67. The highest BCUT2D eigenvalue weighted by atomic mass is 16.6. The van der Waals surface area contributed by atoms with E-state index < -0.39 is 10.5 Å². The molecule has 1 aromatic rings. The summed E-state index contributed by atoms with van der Waals surface area (Å²) in [6, 6.07) is 6.05. The summed E-state index contributed by atoms with van der Waals surface area (Å²) in [5.74, 6) is -0.484. The van der Waals surface area contributed by atoms with Crippen LogP contribution in [-0.4, -0.2) is 28.8 Å². The van der Waals surface area contributed by atoms with Crippen LogP contribution in [0.15, 0.2) is 30.3 Å². The zero-order valence-corrected chi connectivity index (χ0v) is 15.7. The van der Waals surface area contributed by atoms with Gasteiger partial charge in [0.1, 0.15) is 5.54 Å². The first-order valence-corrected chi connectivity index (χ1v) is 9.50. The van der Waals surface area contributed by atoms with Crippen LogP contribution in [-0.2, 0) is 9.59 Å². The van der Waals surface area contributed by atoms with Gasteiger partial charge in [0.25, 0.3) is 5.69 Å². The summed E-state index contributed by atoms with van der Waals surface area (Å²) in [6.07, 6.45) is 8.86. The molecule has 1 saturated carbocycles. The third-order valence-corrected chi connectivity index (χ3v) is 4.83. The third-order valence-electron chi connectivity index (χ3n) is 4.83. The Morgan fingerprint density at radius 1 is 1.26 bits per heavy atom. The molecule has 0 saturated heterocycles. The van der Waals surface area contributed by atoms with E-state index in [4.69, 9.17) is 0 Å². The van der Waals surface area contributed by atoms with Crippen molar-refractivity contribution in [2.75, 3.05) is 6.54 Å². The maximum absolute atomic E-state index is 12.7. The zero-order valence-electron chi connectivity index (χ0n) is 15.7. The normalized spacial score (nSPS) is 16.0. The van der Waals surface area contributed by atoms with Crippen molar-refractivity contribution in [2.24, 2.45) is 0 Å². The number of nitro groups is 1. The number of carbonyl (C=O) groups is 2. The Bertz CT molecular complexity index is 709. The maximum atomic E-state index is 12.7. The van der Waals surface area contributed by atoms with Gasteiger partial charge < -0.3 is 10.6 Å². The van der Waals surface area contributed by atoms with E-state index in [1.54, 1.807) is 12.1 Å². The molecule has 1 aliphatic carbocycles. The zero-order chi connectivity index (χ0) is 19.7. The Balaban J connectivity index is 2.06. The highest BCUT2D eigenvalue weighted by Gasteiger charge is 2.40. The second-order valence-corrected chi connectivity index (χ2v) is 6.93. The molecular weight excluding hydrogens is 346 g/mol. The molecule has 7 heteroatoms. The first-order chi connectivity index (χ1) is 13.0. The molecule has 0 atom stereocenters. The van der Waals surface area contributed by atoms with Crippen LogP contribution in [0.2, 0.25) is 0 Å². The molecule has 27 heavy (non-hydrogen) atoms. The van der Waals surface area contributed by atoms with Crippen molar-refractivity contribution in [3.05, 3.63) is 46.0 Å². The van der Waals surface area contributed by atoms with Crippen molar-refractivity contribution >= 4 is 23.6 Å². The first kappa shape index (κ1) is 20.6. The molecule has 1 aliphatic rings. The third kappa shape index (κ3) is 5.91. The number of amides is 2. The molecular formula is C20H27N3O4. The number of non-ortho nitro benzene ring substituents is 1. The van der Waals surface area contributed by atoms with E-state index in [1.165, 1.54) is 24.3 Å². The van der Waals surface area contributed by atoms with Crippen LogP contribution < -0.4 is 10.6 Å². The fourth-order valence-electron chi connectivity index (χ4n) is 3.30. The summed E-state index contributed by atoms with van der Waals surface area (Å²) in [5, 5.41) is 16.7. The lowest BCUT2D eigenvalue weighted by Gasteiger charge is -2.36. The standard InChI is InChI=1S/C20H27N3O4/c1-2-3-14-21-19(25)20(12-5-4-6-13-20)22-18(24)11-10-16-8-7-9-17(15-16)23(26)27/h7-11,15H,2-6,12-14H2,1H3,(H,21,25)(H,22,24)/b11-10+. The first-order valence-electron chi connectivity index (χ1n) is 9.50. The van der Waals surface area contributed by atoms with Gasteiger partial charge >= 0.3 is 0 Å². The minimum Gasteiger partial charge on any atom is -0.354 e. The van der Waals surface area contributed by atoms with Gasteiger partial charge in [-0.25, -0.2) is 0 Å². The molecule has 7 nitrogen and oxygen atoms in total. The molecule has 0 bridgehead atoms. The van der Waals surface area contributed by atoms with E-state index in [0.29, 0.717) is 24.9 Å². The molecule has 2 N–H and O–H groups in total. The van der Waals surface area contributed by atoms with Gasteiger partial charge in [0.2, 0.25) is 11.8 Å². The van der Waals surface area contributed by atoms with E-state index in [2.05, 4.69) is 17.6 Å². The molecule has 2 rings (SSSR count). The molecule has 0 aromatic heterocycles. The van der Waals surface area contributed by atoms with Crippen molar-refractivity contribution in [2.45, 2.75) is 57.4 Å². The molecule has 2 amide bonds. The van der Waals surface area contributed by atoms with Crippen LogP contribution >= 0.6 is 0 Å². The van der Waals surface area contributed by atoms with Crippen LogP contribution in [0.5, 0.6) is 0 Å². The fraction of sp³-hybridized carbons (Fsp3) is 0.500. The lowest BCUT2D eigenvalue weighted by Crippen LogP contribution is -2.59. The Morgan fingerprint density at radius 3 is 2.67 bits per heavy atom. The highest BCUT2D eigenvalue weighted by molar-refractivity contribution is 5.97. The lowest BCUT2D eigenvalue weighted by molar-refractivity contribution is -0.384. The van der Waals surface area contributed by atoms with Crippen LogP contribution in [0.4, 0.5) is 5.69 Å². The Hall–Kier alpha value is -2.70. The van der Waals surface area contributed by atoms with Crippen LogP contribution in [0.1, 0.15) is 57.4 Å². The monoisotopic (exact) mass is 373 g/mol. The minimum absolute atomic E-state index is 0.0309. The van der Waals surface area contributed by atoms with E-state index in [-0.39, 0.29) is 17.5 Å². The maximum Gasteiger partial charge on any atom is 0.270 e. The smallest absolute Gasteiger partial charge is 0.270 e. The van der Waals surface area contributed by atoms with Gasteiger partial charge in [-0.3, -0.25) is 19.7 Å². The van der Waals surface area contributed by atoms with Crippen LogP contribution in [0.3, 0.4) is 0 Å². The average molecular weight is 373 g/mol. The Morgan fingerprint density at radius 2 is 2.00 bits per heavy atom. The molecule has 0 radical (unpaired) electrons. The second-order valence-electron chi connectivity index (χ2n) is 6.93. The summed E-state index contributed by atoms with van der Waals surface area (Å²) >= 11 is 0. The SMILES string of the molecule is CCCCNC(=O)C1(NC(=O)/C=C/c2cccc([N+](=O)[O-])c2)CCCCC1. The molecule has 0 spiro atoms. The number of rotatable bonds is 8. The quantitative estimate of drug-likeness (QED) is 0.316. The van der Waals surface area contributed by atoms with Crippen LogP contribution in [0.25, 0.3) is 6.08 Å². The van der Waals surface area contributed by atoms with Gasteiger partial charge in [0.15, 0.2) is 0 Å². The summed E-state index contributed by atoms with van der Waals surface area (Å²) < 4.78 is 0. The Kier molecular flexibility index (Phi) is 7.52. The molecule has 0 unspecified atom stereocenters. The van der Waals surface area contributed by atoms with E-state index >= 15 is 0 Å². The number of hydrogen-bond donors (Lipinski definition) is 2. The van der Waals surface area contributed by atoms with E-state index in [0.717, 1.165) is 32.1 Å². The summed E-state index contributed by atoms with van der Waals surface area (Å²) in [6.45, 7) is 2.67. The summed E-state index contributed by atoms with van der Waals surface area (Å²) in [7, 11) is 0. The number of carbonyl (C=O) groups excluding carboxylic acids is 2. The van der Waals surface area contributed by atoms with Gasteiger partial charge in [0, 0.05) is 24.8 Å². The Labute approximate surface area is 159 Å². The largest absolute Gasteiger partial charge is 0.354 e. The number of unbranched alkanes of at least 4 members (excludes halogenated alkanes) is 1. The van der Waals surface area contributed by atoms with Gasteiger partial charge in [-0.1, -0.05) is 44.7 Å². The van der Waals surface area contributed by atoms with Crippen molar-refractivity contribution in [1.29, 1.82) is 0 Å². The van der Waals surface area contributed by atoms with Gasteiger partial charge in [0.05, 0.1) is 4.92 Å². The molecule has 0 aliphatic heterocycles. The lowest BCUT2D eigenvalue weighted by atomic mass is 9.80. The van der Waals surface area contributed by atoms with Crippen molar-refractivity contribution in [3.63, 3.8) is 0 Å². The molecule has 1 fully saturated rings. The predicted molar refractivity (Wildman–Crippen MR) is 104 cm³/mol. The second kappa shape index (κ2) is 9.85. The fourth-order valence-corrected chi connectivity index (χ4v) is 3.30. The summed E-state index contributed by atoms with van der Waals surface area (Å²) in [5.41, 5.74) is -0.336. The topological polar surface area (TPSA) is 101 Å². The van der Waals surface area contributed by atoms with Crippen molar-refractivity contribution in [3.8, 4) is 0 Å². The number of hydrogen-bond acceptors (Lipinski definition) is 4. The predicted octanol–water partition coefficient (Wildman–Crippen LogP) is 3.34. The number of benzene rings is 1. The van der Waals surface area contributed by atoms with E-state index in [9.17, 15) is 19.7 Å². The minimum atomic E-state index is -0.865. The number of nitrogens with one attached hydrogen (secondary N) is 2. The highest BCUT2D eigenvalue weighted by Crippen LogP contribution is 2.28. The van der Waals surface area contributed by atoms with Crippen molar-refractivity contribution in [1.82, 2.24) is 10.6 Å². The summed E-state index contributed by atoms with van der Waals surface area (Å²) in [4.78, 5) is 35.5. The van der Waals surface area contributed by atoms with Crippen LogP contribution in [0, 0.1) is 10.1 Å². The van der Waals surface area contributed by atoms with Gasteiger partial charge in [-0.05, 0) is 30.9 Å². The van der Waals surface area contributed by atoms with E-state index in [1.807, 2.05) is 0 Å². The molecule has 1 aromatic carbocycles. The number of nitro benzene ring substituents is 1. The molecule has 146 valence electrons. The molecule has 0 heterocycles. The van der Waals surface area contributed by atoms with Gasteiger partial charge in [-0.2, -0.15) is 0 Å².